The Hall–Kier alpha value is -0.620. The van der Waals surface area contributed by atoms with E-state index in [9.17, 15) is 13.2 Å². The second-order valence-corrected chi connectivity index (χ2v) is 8.02. The van der Waals surface area contributed by atoms with Gasteiger partial charge in [-0.1, -0.05) is 25.7 Å². The highest BCUT2D eigenvalue weighted by molar-refractivity contribution is 7.88. The van der Waals surface area contributed by atoms with Crippen LogP contribution in [-0.2, 0) is 14.8 Å². The van der Waals surface area contributed by atoms with E-state index in [2.05, 4.69) is 5.32 Å². The molecule has 0 aromatic carbocycles. The van der Waals surface area contributed by atoms with Gasteiger partial charge in [-0.15, -0.1) is 0 Å². The molecule has 0 spiro atoms. The molecule has 0 atom stereocenters. The molecule has 5 nitrogen and oxygen atoms in total. The minimum atomic E-state index is -3.20. The van der Waals surface area contributed by atoms with Gasteiger partial charge in [-0.3, -0.25) is 4.79 Å². The van der Waals surface area contributed by atoms with Crippen molar-refractivity contribution in [3.63, 3.8) is 0 Å². The Morgan fingerprint density at radius 1 is 1.10 bits per heavy atom. The summed E-state index contributed by atoms with van der Waals surface area (Å²) >= 11 is 0. The van der Waals surface area contributed by atoms with E-state index in [0.29, 0.717) is 13.1 Å². The Balaban J connectivity index is 1.87. The quantitative estimate of drug-likeness (QED) is 0.756. The summed E-state index contributed by atoms with van der Waals surface area (Å²) in [6, 6.07) is 0.116. The Morgan fingerprint density at radius 2 is 1.70 bits per heavy atom. The molecular formula is C14H26N2O3S. The smallest absolute Gasteiger partial charge is 0.223 e. The highest BCUT2D eigenvalue weighted by Gasteiger charge is 2.30. The van der Waals surface area contributed by atoms with Crippen molar-refractivity contribution in [2.45, 2.75) is 57.4 Å². The van der Waals surface area contributed by atoms with Gasteiger partial charge in [0.25, 0.3) is 0 Å². The average Bonchev–Trinajstić information content (AvgIpc) is 3.18. The van der Waals surface area contributed by atoms with Gasteiger partial charge in [0.1, 0.15) is 0 Å². The number of rotatable bonds is 6. The molecule has 1 N–H and O–H groups in total. The first-order chi connectivity index (χ1) is 9.48. The molecular weight excluding hydrogens is 276 g/mol. The summed E-state index contributed by atoms with van der Waals surface area (Å²) in [5, 5.41) is 2.86. The number of sulfonamides is 1. The SMILES string of the molecule is CS(=O)(=O)N(CCNC(=O)C1CC1)C1CCCCCC1. The van der Waals surface area contributed by atoms with Crippen LogP contribution >= 0.6 is 0 Å². The highest BCUT2D eigenvalue weighted by atomic mass is 32.2. The number of hydrogen-bond acceptors (Lipinski definition) is 3. The van der Waals surface area contributed by atoms with Gasteiger partial charge in [-0.25, -0.2) is 8.42 Å². The van der Waals surface area contributed by atoms with Gasteiger partial charge in [-0.2, -0.15) is 4.31 Å². The third-order valence-corrected chi connectivity index (χ3v) is 5.57. The van der Waals surface area contributed by atoms with Gasteiger partial charge in [0.2, 0.25) is 15.9 Å². The molecule has 0 radical (unpaired) electrons. The van der Waals surface area contributed by atoms with Crippen LogP contribution in [0.25, 0.3) is 0 Å². The minimum Gasteiger partial charge on any atom is -0.355 e. The lowest BCUT2D eigenvalue weighted by Crippen LogP contribution is -2.44. The van der Waals surface area contributed by atoms with Crippen LogP contribution in [0.5, 0.6) is 0 Å². The van der Waals surface area contributed by atoms with Crippen molar-refractivity contribution in [2.24, 2.45) is 5.92 Å². The van der Waals surface area contributed by atoms with Crippen molar-refractivity contribution < 1.29 is 13.2 Å². The minimum absolute atomic E-state index is 0.0827. The summed E-state index contributed by atoms with van der Waals surface area (Å²) in [6.45, 7) is 0.834. The number of hydrogen-bond donors (Lipinski definition) is 1. The predicted octanol–water partition coefficient (Wildman–Crippen LogP) is 1.50. The van der Waals surface area contributed by atoms with Crippen molar-refractivity contribution >= 4 is 15.9 Å². The number of carbonyl (C=O) groups is 1. The van der Waals surface area contributed by atoms with Gasteiger partial charge in [0.15, 0.2) is 0 Å². The van der Waals surface area contributed by atoms with Crippen molar-refractivity contribution in [3.05, 3.63) is 0 Å². The average molecular weight is 302 g/mol. The molecule has 2 saturated carbocycles. The van der Waals surface area contributed by atoms with Crippen LogP contribution in [0, 0.1) is 5.92 Å². The van der Waals surface area contributed by atoms with Gasteiger partial charge in [0, 0.05) is 25.0 Å². The Labute approximate surface area is 122 Å². The van der Waals surface area contributed by atoms with Crippen molar-refractivity contribution in [1.82, 2.24) is 9.62 Å². The molecule has 0 unspecified atom stereocenters. The molecule has 2 fully saturated rings. The first kappa shape index (κ1) is 15.8. The summed E-state index contributed by atoms with van der Waals surface area (Å²) in [7, 11) is -3.20. The van der Waals surface area contributed by atoms with E-state index in [1.165, 1.54) is 19.1 Å². The Morgan fingerprint density at radius 3 is 2.20 bits per heavy atom. The summed E-state index contributed by atoms with van der Waals surface area (Å²) in [5.41, 5.74) is 0. The molecule has 0 heterocycles. The number of nitrogens with zero attached hydrogens (tertiary/aromatic N) is 1. The van der Waals surface area contributed by atoms with E-state index >= 15 is 0 Å². The van der Waals surface area contributed by atoms with E-state index in [-0.39, 0.29) is 17.9 Å². The van der Waals surface area contributed by atoms with Crippen molar-refractivity contribution in [2.75, 3.05) is 19.3 Å². The summed E-state index contributed by atoms with van der Waals surface area (Å²) in [4.78, 5) is 11.6. The molecule has 0 aromatic heterocycles. The molecule has 0 saturated heterocycles. The molecule has 2 aliphatic carbocycles. The Bertz CT molecular complexity index is 424. The Kier molecular flexibility index (Phi) is 5.43. The van der Waals surface area contributed by atoms with E-state index in [1.807, 2.05) is 0 Å². The monoisotopic (exact) mass is 302 g/mol. The largest absolute Gasteiger partial charge is 0.355 e. The second-order valence-electron chi connectivity index (χ2n) is 6.08. The zero-order valence-electron chi connectivity index (χ0n) is 12.3. The van der Waals surface area contributed by atoms with Gasteiger partial charge >= 0.3 is 0 Å². The predicted molar refractivity (Wildman–Crippen MR) is 78.8 cm³/mol. The van der Waals surface area contributed by atoms with Gasteiger partial charge in [-0.05, 0) is 25.7 Å². The summed E-state index contributed by atoms with van der Waals surface area (Å²) < 4.78 is 25.6. The summed E-state index contributed by atoms with van der Waals surface area (Å²) in [6.07, 6.45) is 9.73. The van der Waals surface area contributed by atoms with Gasteiger partial charge in [0.05, 0.1) is 6.26 Å². The molecule has 0 aliphatic heterocycles. The van der Waals surface area contributed by atoms with Crippen LogP contribution in [0.1, 0.15) is 51.4 Å². The lowest BCUT2D eigenvalue weighted by atomic mass is 10.1. The van der Waals surface area contributed by atoms with E-state index in [4.69, 9.17) is 0 Å². The lowest BCUT2D eigenvalue weighted by Gasteiger charge is -2.29. The van der Waals surface area contributed by atoms with Crippen molar-refractivity contribution in [1.29, 1.82) is 0 Å². The number of nitrogens with one attached hydrogen (secondary N) is 1. The first-order valence-electron chi connectivity index (χ1n) is 7.73. The molecule has 1 amide bonds. The molecule has 0 aromatic rings. The summed E-state index contributed by atoms with van der Waals surface area (Å²) in [5.74, 6) is 0.263. The van der Waals surface area contributed by atoms with Crippen LogP contribution in [0.15, 0.2) is 0 Å². The molecule has 0 bridgehead atoms. The molecule has 116 valence electrons. The third kappa shape index (κ3) is 4.74. The standard InChI is InChI=1S/C14H26N2O3S/c1-20(18,19)16(13-6-4-2-3-5-7-13)11-10-15-14(17)12-8-9-12/h12-13H,2-11H2,1H3,(H,15,17). The molecule has 20 heavy (non-hydrogen) atoms. The van der Waals surface area contributed by atoms with Crippen LogP contribution in [0.3, 0.4) is 0 Å². The normalized spacial score (nSPS) is 21.7. The molecule has 6 heteroatoms. The number of carbonyl (C=O) groups excluding carboxylic acids is 1. The number of amides is 1. The van der Waals surface area contributed by atoms with Crippen molar-refractivity contribution in [3.8, 4) is 0 Å². The topological polar surface area (TPSA) is 66.5 Å². The fourth-order valence-electron chi connectivity index (χ4n) is 2.94. The van der Waals surface area contributed by atoms with Crippen LogP contribution in [0.2, 0.25) is 0 Å². The maximum atomic E-state index is 12.0. The maximum absolute atomic E-state index is 12.0. The highest BCUT2D eigenvalue weighted by Crippen LogP contribution is 2.28. The van der Waals surface area contributed by atoms with E-state index < -0.39 is 10.0 Å². The first-order valence-corrected chi connectivity index (χ1v) is 9.58. The van der Waals surface area contributed by atoms with Crippen LogP contribution in [-0.4, -0.2) is 44.0 Å². The molecule has 2 aliphatic rings. The van der Waals surface area contributed by atoms with Crippen LogP contribution < -0.4 is 5.32 Å². The maximum Gasteiger partial charge on any atom is 0.223 e. The lowest BCUT2D eigenvalue weighted by molar-refractivity contribution is -0.122. The fraction of sp³-hybridized carbons (Fsp3) is 0.929. The zero-order valence-corrected chi connectivity index (χ0v) is 13.1. The van der Waals surface area contributed by atoms with Gasteiger partial charge < -0.3 is 5.32 Å². The van der Waals surface area contributed by atoms with E-state index in [1.54, 1.807) is 4.31 Å². The fourth-order valence-corrected chi connectivity index (χ4v) is 4.12. The molecule has 2 rings (SSSR count). The van der Waals surface area contributed by atoms with Crippen LogP contribution in [0.4, 0.5) is 0 Å². The third-order valence-electron chi connectivity index (χ3n) is 4.24. The second kappa shape index (κ2) is 6.89. The van der Waals surface area contributed by atoms with E-state index in [0.717, 1.165) is 38.5 Å². The zero-order chi connectivity index (χ0) is 14.6.